The van der Waals surface area contributed by atoms with Crippen molar-refractivity contribution in [3.05, 3.63) is 72.1 Å². The number of benzene rings is 2. The number of hydrogen-bond acceptors (Lipinski definition) is 4. The molecule has 0 aliphatic heterocycles. The van der Waals surface area contributed by atoms with Gasteiger partial charge in [0.05, 0.1) is 22.0 Å². The van der Waals surface area contributed by atoms with E-state index in [1.54, 1.807) is 41.3 Å². The van der Waals surface area contributed by atoms with Crippen molar-refractivity contribution in [3.63, 3.8) is 0 Å². The molecule has 1 aromatic heterocycles. The van der Waals surface area contributed by atoms with Crippen molar-refractivity contribution in [1.82, 2.24) is 9.78 Å². The Morgan fingerprint density at radius 3 is 2.71 bits per heavy atom. The molecule has 3 aromatic rings. The van der Waals surface area contributed by atoms with Crippen molar-refractivity contribution in [2.75, 3.05) is 11.1 Å². The minimum atomic E-state index is -3.50. The van der Waals surface area contributed by atoms with Gasteiger partial charge in [-0.05, 0) is 60.7 Å². The van der Waals surface area contributed by atoms with Gasteiger partial charge in [-0.1, -0.05) is 18.2 Å². The highest BCUT2D eigenvalue weighted by molar-refractivity contribution is 7.91. The molecule has 0 fully saturated rings. The van der Waals surface area contributed by atoms with Crippen molar-refractivity contribution in [2.24, 2.45) is 0 Å². The number of aryl methyl sites for hydroxylation is 2. The van der Waals surface area contributed by atoms with Gasteiger partial charge in [0.1, 0.15) is 0 Å². The molecule has 0 bridgehead atoms. The lowest BCUT2D eigenvalue weighted by atomic mass is 10.1. The molecule has 0 unspecified atom stereocenters. The molecule has 1 amide bonds. The van der Waals surface area contributed by atoms with Gasteiger partial charge < -0.3 is 5.32 Å². The average molecular weight is 395 g/mol. The van der Waals surface area contributed by atoms with Crippen molar-refractivity contribution in [2.45, 2.75) is 30.6 Å². The minimum absolute atomic E-state index is 0.104. The number of carbonyl (C=O) groups excluding carboxylic acids is 1. The maximum atomic E-state index is 12.6. The molecule has 7 heteroatoms. The van der Waals surface area contributed by atoms with E-state index in [0.29, 0.717) is 10.6 Å². The van der Waals surface area contributed by atoms with Crippen molar-refractivity contribution >= 4 is 21.4 Å². The summed E-state index contributed by atoms with van der Waals surface area (Å²) in [6.07, 6.45) is 6.33. The Kier molecular flexibility index (Phi) is 5.00. The fraction of sp³-hybridized carbons (Fsp3) is 0.238. The number of fused-ring (bicyclic) bond motifs is 1. The summed E-state index contributed by atoms with van der Waals surface area (Å²) in [5.41, 5.74) is 3.65. The van der Waals surface area contributed by atoms with E-state index in [1.165, 1.54) is 5.56 Å². The summed E-state index contributed by atoms with van der Waals surface area (Å²) in [5.74, 6) is -0.564. The van der Waals surface area contributed by atoms with Gasteiger partial charge in [-0.15, -0.1) is 0 Å². The summed E-state index contributed by atoms with van der Waals surface area (Å²) in [7, 11) is -3.50. The number of nitrogens with one attached hydrogen (secondary N) is 1. The molecule has 144 valence electrons. The van der Waals surface area contributed by atoms with Crippen LogP contribution >= 0.6 is 0 Å². The SMILES string of the molecule is O=C(CCS(=O)(=O)c1ccc2c(c1)CCC2)Nc1ccccc1-n1cccn1. The van der Waals surface area contributed by atoms with Crippen molar-refractivity contribution in [3.8, 4) is 5.69 Å². The molecular formula is C21H21N3O3S. The number of nitrogens with zero attached hydrogens (tertiary/aromatic N) is 2. The fourth-order valence-corrected chi connectivity index (χ4v) is 4.78. The monoisotopic (exact) mass is 395 g/mol. The van der Waals surface area contributed by atoms with E-state index in [-0.39, 0.29) is 18.1 Å². The second kappa shape index (κ2) is 7.59. The Hall–Kier alpha value is -2.93. The predicted molar refractivity (Wildman–Crippen MR) is 107 cm³/mol. The van der Waals surface area contributed by atoms with Crippen molar-refractivity contribution < 1.29 is 13.2 Å². The first-order valence-electron chi connectivity index (χ1n) is 9.26. The first kappa shape index (κ1) is 18.4. The third-order valence-electron chi connectivity index (χ3n) is 4.96. The van der Waals surface area contributed by atoms with E-state index < -0.39 is 9.84 Å². The van der Waals surface area contributed by atoms with Gasteiger partial charge in [0.15, 0.2) is 9.84 Å². The Morgan fingerprint density at radius 1 is 1.07 bits per heavy atom. The lowest BCUT2D eigenvalue weighted by Gasteiger charge is -2.11. The molecule has 0 radical (unpaired) electrons. The molecule has 4 rings (SSSR count). The van der Waals surface area contributed by atoms with Crippen LogP contribution in [-0.4, -0.2) is 29.9 Å². The Balaban J connectivity index is 1.44. The van der Waals surface area contributed by atoms with E-state index in [9.17, 15) is 13.2 Å². The summed E-state index contributed by atoms with van der Waals surface area (Å²) in [6.45, 7) is 0. The second-order valence-electron chi connectivity index (χ2n) is 6.87. The molecule has 28 heavy (non-hydrogen) atoms. The summed E-state index contributed by atoms with van der Waals surface area (Å²) in [6, 6.07) is 14.4. The molecule has 0 spiro atoms. The lowest BCUT2D eigenvalue weighted by molar-refractivity contribution is -0.115. The second-order valence-corrected chi connectivity index (χ2v) is 8.98. The molecular weight excluding hydrogens is 374 g/mol. The molecule has 1 N–H and O–H groups in total. The van der Waals surface area contributed by atoms with E-state index in [2.05, 4.69) is 10.4 Å². The lowest BCUT2D eigenvalue weighted by Crippen LogP contribution is -2.18. The molecule has 2 aromatic carbocycles. The molecule has 1 aliphatic carbocycles. The summed E-state index contributed by atoms with van der Waals surface area (Å²) in [5, 5.41) is 6.98. The van der Waals surface area contributed by atoms with Gasteiger partial charge in [-0.2, -0.15) is 5.10 Å². The summed E-state index contributed by atoms with van der Waals surface area (Å²) in [4.78, 5) is 12.7. The van der Waals surface area contributed by atoms with Crippen LogP contribution in [0.5, 0.6) is 0 Å². The number of para-hydroxylation sites is 2. The van der Waals surface area contributed by atoms with Gasteiger partial charge in [0.25, 0.3) is 0 Å². The zero-order valence-corrected chi connectivity index (χ0v) is 16.2. The Bertz CT molecular complexity index is 1110. The van der Waals surface area contributed by atoms with E-state index in [0.717, 1.165) is 30.5 Å². The van der Waals surface area contributed by atoms with E-state index in [1.807, 2.05) is 24.3 Å². The zero-order chi connectivity index (χ0) is 19.6. The first-order chi connectivity index (χ1) is 13.5. The highest BCUT2D eigenvalue weighted by atomic mass is 32.2. The van der Waals surface area contributed by atoms with Gasteiger partial charge in [-0.25, -0.2) is 13.1 Å². The van der Waals surface area contributed by atoms with Gasteiger partial charge in [-0.3, -0.25) is 4.79 Å². The van der Waals surface area contributed by atoms with Crippen LogP contribution < -0.4 is 5.32 Å². The largest absolute Gasteiger partial charge is 0.324 e. The molecule has 6 nitrogen and oxygen atoms in total. The number of aromatic nitrogens is 2. The smallest absolute Gasteiger partial charge is 0.225 e. The molecule has 1 heterocycles. The predicted octanol–water partition coefficient (Wildman–Crippen LogP) is 3.16. The number of anilines is 1. The van der Waals surface area contributed by atoms with E-state index >= 15 is 0 Å². The summed E-state index contributed by atoms with van der Waals surface area (Å²) >= 11 is 0. The number of sulfone groups is 1. The molecule has 0 saturated carbocycles. The number of amides is 1. The third kappa shape index (κ3) is 3.84. The van der Waals surface area contributed by atoms with Crippen LogP contribution in [0.4, 0.5) is 5.69 Å². The van der Waals surface area contributed by atoms with Gasteiger partial charge >= 0.3 is 0 Å². The molecule has 0 atom stereocenters. The zero-order valence-electron chi connectivity index (χ0n) is 15.3. The normalized spacial score (nSPS) is 13.3. The van der Waals surface area contributed by atoms with Gasteiger partial charge in [0.2, 0.25) is 5.91 Å². The van der Waals surface area contributed by atoms with Crippen LogP contribution in [0, 0.1) is 0 Å². The average Bonchev–Trinajstić information content (AvgIpc) is 3.38. The Morgan fingerprint density at radius 2 is 1.89 bits per heavy atom. The van der Waals surface area contributed by atoms with E-state index in [4.69, 9.17) is 0 Å². The van der Waals surface area contributed by atoms with Crippen LogP contribution in [0.25, 0.3) is 5.69 Å². The number of hydrogen-bond donors (Lipinski definition) is 1. The topological polar surface area (TPSA) is 81.1 Å². The highest BCUT2D eigenvalue weighted by Crippen LogP contribution is 2.25. The molecule has 1 aliphatic rings. The maximum absolute atomic E-state index is 12.6. The number of carbonyl (C=O) groups is 1. The van der Waals surface area contributed by atoms with Crippen LogP contribution in [0.3, 0.4) is 0 Å². The third-order valence-corrected chi connectivity index (χ3v) is 6.67. The van der Waals surface area contributed by atoms with Crippen LogP contribution in [-0.2, 0) is 27.5 Å². The highest BCUT2D eigenvalue weighted by Gasteiger charge is 2.20. The van der Waals surface area contributed by atoms with Crippen LogP contribution in [0.1, 0.15) is 24.0 Å². The fourth-order valence-electron chi connectivity index (χ4n) is 3.49. The van der Waals surface area contributed by atoms with Crippen LogP contribution in [0.15, 0.2) is 65.8 Å². The van der Waals surface area contributed by atoms with Crippen molar-refractivity contribution in [1.29, 1.82) is 0 Å². The standard InChI is InChI=1S/C21H21N3O3S/c25-21(23-19-7-1-2-8-20(19)24-13-4-12-22-24)11-14-28(26,27)18-10-9-16-5-3-6-17(16)15-18/h1-2,4,7-10,12-13,15H,3,5-6,11,14H2,(H,23,25). The first-order valence-corrected chi connectivity index (χ1v) is 10.9. The Labute approximate surface area is 164 Å². The van der Waals surface area contributed by atoms with Gasteiger partial charge in [0, 0.05) is 18.8 Å². The van der Waals surface area contributed by atoms with Crippen LogP contribution in [0.2, 0.25) is 0 Å². The maximum Gasteiger partial charge on any atom is 0.225 e. The quantitative estimate of drug-likeness (QED) is 0.695. The number of rotatable bonds is 6. The minimum Gasteiger partial charge on any atom is -0.324 e. The molecule has 0 saturated heterocycles. The summed E-state index contributed by atoms with van der Waals surface area (Å²) < 4.78 is 26.9.